The van der Waals surface area contributed by atoms with Gasteiger partial charge in [-0.25, -0.2) is 0 Å². The number of aliphatic hydroxyl groups is 1. The largest absolute Gasteiger partial charge is 0.394 e. The quantitative estimate of drug-likeness (QED) is 0.784. The van der Waals surface area contributed by atoms with Gasteiger partial charge in [0.1, 0.15) is 0 Å². The summed E-state index contributed by atoms with van der Waals surface area (Å²) >= 11 is 0. The molecule has 2 aliphatic heterocycles. The van der Waals surface area contributed by atoms with Crippen molar-refractivity contribution in [3.63, 3.8) is 0 Å². The zero-order chi connectivity index (χ0) is 14.9. The van der Waals surface area contributed by atoms with Crippen molar-refractivity contribution in [2.45, 2.75) is 76.2 Å². The fourth-order valence-electron chi connectivity index (χ4n) is 4.80. The van der Waals surface area contributed by atoms with E-state index in [4.69, 9.17) is 4.74 Å². The molecule has 4 unspecified atom stereocenters. The van der Waals surface area contributed by atoms with E-state index in [0.717, 1.165) is 19.5 Å². The molecular weight excluding hydrogens is 264 g/mol. The highest BCUT2D eigenvalue weighted by atomic mass is 16.5. The molecular formula is C17H32N2O2. The van der Waals surface area contributed by atoms with Gasteiger partial charge < -0.3 is 15.2 Å². The Morgan fingerprint density at radius 1 is 1.24 bits per heavy atom. The van der Waals surface area contributed by atoms with Crippen molar-refractivity contribution in [3.8, 4) is 0 Å². The lowest BCUT2D eigenvalue weighted by atomic mass is 9.84. The van der Waals surface area contributed by atoms with Crippen LogP contribution < -0.4 is 5.32 Å². The van der Waals surface area contributed by atoms with Crippen molar-refractivity contribution in [2.24, 2.45) is 5.92 Å². The van der Waals surface area contributed by atoms with Gasteiger partial charge in [0.25, 0.3) is 0 Å². The van der Waals surface area contributed by atoms with Crippen molar-refractivity contribution in [2.75, 3.05) is 26.2 Å². The molecule has 0 aromatic heterocycles. The molecule has 2 bridgehead atoms. The summed E-state index contributed by atoms with van der Waals surface area (Å²) < 4.78 is 5.92. The second-order valence-electron chi connectivity index (χ2n) is 7.71. The maximum atomic E-state index is 9.97. The van der Waals surface area contributed by atoms with Crippen LogP contribution >= 0.6 is 0 Å². The van der Waals surface area contributed by atoms with E-state index in [9.17, 15) is 5.11 Å². The molecule has 0 aromatic rings. The number of nitrogens with one attached hydrogen (secondary N) is 1. The fraction of sp³-hybridized carbons (Fsp3) is 1.00. The molecule has 0 amide bonds. The lowest BCUT2D eigenvalue weighted by Crippen LogP contribution is -2.54. The second kappa shape index (κ2) is 6.53. The van der Waals surface area contributed by atoms with E-state index in [-0.39, 0.29) is 12.1 Å². The van der Waals surface area contributed by atoms with Crippen molar-refractivity contribution >= 4 is 0 Å². The number of hydrogen-bond donors (Lipinski definition) is 2. The summed E-state index contributed by atoms with van der Waals surface area (Å²) in [6.45, 7) is 8.06. The first kappa shape index (κ1) is 15.7. The van der Waals surface area contributed by atoms with Crippen LogP contribution in [0.4, 0.5) is 0 Å². The summed E-state index contributed by atoms with van der Waals surface area (Å²) in [7, 11) is 0. The Hall–Kier alpha value is -0.160. The van der Waals surface area contributed by atoms with Crippen LogP contribution in [0.1, 0.15) is 52.4 Å². The number of nitrogens with zero attached hydrogens (tertiary/aromatic N) is 1. The number of morpholine rings is 1. The first-order valence-corrected chi connectivity index (χ1v) is 8.87. The zero-order valence-corrected chi connectivity index (χ0v) is 13.7. The predicted octanol–water partition coefficient (Wildman–Crippen LogP) is 1.77. The minimum Gasteiger partial charge on any atom is -0.394 e. The monoisotopic (exact) mass is 296 g/mol. The van der Waals surface area contributed by atoms with E-state index < -0.39 is 0 Å². The topological polar surface area (TPSA) is 44.7 Å². The SMILES string of the molecule is CC(C)NC1(CO)CCCC1CCN1CC2CCC(C1)O2. The molecule has 2 heterocycles. The molecule has 3 rings (SSSR count). The van der Waals surface area contributed by atoms with Crippen LogP contribution in [0.3, 0.4) is 0 Å². The van der Waals surface area contributed by atoms with Crippen LogP contribution in [0, 0.1) is 5.92 Å². The summed E-state index contributed by atoms with van der Waals surface area (Å²) in [4.78, 5) is 2.60. The summed E-state index contributed by atoms with van der Waals surface area (Å²) in [5, 5.41) is 13.7. The maximum absolute atomic E-state index is 9.97. The number of hydrogen-bond acceptors (Lipinski definition) is 4. The van der Waals surface area contributed by atoms with Gasteiger partial charge in [0.2, 0.25) is 0 Å². The summed E-state index contributed by atoms with van der Waals surface area (Å²) in [6, 6.07) is 0.442. The van der Waals surface area contributed by atoms with Gasteiger partial charge in [-0.05, 0) is 44.6 Å². The van der Waals surface area contributed by atoms with Gasteiger partial charge in [-0.2, -0.15) is 0 Å². The fourth-order valence-corrected chi connectivity index (χ4v) is 4.80. The lowest BCUT2D eigenvalue weighted by Gasteiger charge is -2.39. The zero-order valence-electron chi connectivity index (χ0n) is 13.7. The van der Waals surface area contributed by atoms with Gasteiger partial charge >= 0.3 is 0 Å². The molecule has 2 N–H and O–H groups in total. The van der Waals surface area contributed by atoms with E-state index >= 15 is 0 Å². The van der Waals surface area contributed by atoms with Crippen LogP contribution in [0.25, 0.3) is 0 Å². The molecule has 0 spiro atoms. The third-order valence-corrected chi connectivity index (χ3v) is 5.73. The molecule has 3 aliphatic rings. The standard InChI is InChI=1S/C17H32N2O2/c1-13(2)18-17(12-20)8-3-4-14(17)7-9-19-10-15-5-6-16(11-19)21-15/h13-16,18,20H,3-12H2,1-2H3. The number of aliphatic hydroxyl groups excluding tert-OH is 1. The molecule has 4 heteroatoms. The van der Waals surface area contributed by atoms with Crippen molar-refractivity contribution in [1.82, 2.24) is 10.2 Å². The number of rotatable bonds is 6. The molecule has 4 nitrogen and oxygen atoms in total. The normalized spacial score (nSPS) is 40.3. The van der Waals surface area contributed by atoms with Gasteiger partial charge in [0.15, 0.2) is 0 Å². The highest BCUT2D eigenvalue weighted by molar-refractivity contribution is 5.00. The van der Waals surface area contributed by atoms with Gasteiger partial charge in [-0.3, -0.25) is 4.90 Å². The van der Waals surface area contributed by atoms with Crippen LogP contribution in [0.15, 0.2) is 0 Å². The van der Waals surface area contributed by atoms with Gasteiger partial charge in [0, 0.05) is 24.7 Å². The minimum absolute atomic E-state index is 0.0283. The average molecular weight is 296 g/mol. The molecule has 21 heavy (non-hydrogen) atoms. The van der Waals surface area contributed by atoms with Crippen LogP contribution in [0.5, 0.6) is 0 Å². The van der Waals surface area contributed by atoms with E-state index in [1.807, 2.05) is 0 Å². The molecule has 2 saturated heterocycles. The summed E-state index contributed by atoms with van der Waals surface area (Å²) in [5.74, 6) is 0.616. The molecule has 3 fully saturated rings. The van der Waals surface area contributed by atoms with Gasteiger partial charge in [-0.1, -0.05) is 20.3 Å². The average Bonchev–Trinajstić information content (AvgIpc) is 3.00. The van der Waals surface area contributed by atoms with E-state index in [2.05, 4.69) is 24.1 Å². The molecule has 122 valence electrons. The third-order valence-electron chi connectivity index (χ3n) is 5.73. The Morgan fingerprint density at radius 2 is 1.95 bits per heavy atom. The third kappa shape index (κ3) is 3.44. The Bertz CT molecular complexity index is 338. The van der Waals surface area contributed by atoms with E-state index in [0.29, 0.717) is 24.2 Å². The lowest BCUT2D eigenvalue weighted by molar-refractivity contribution is -0.0408. The first-order chi connectivity index (χ1) is 10.1. The van der Waals surface area contributed by atoms with Crippen molar-refractivity contribution in [3.05, 3.63) is 0 Å². The molecule has 4 atom stereocenters. The number of likely N-dealkylation sites (tertiary alicyclic amines) is 1. The van der Waals surface area contributed by atoms with Gasteiger partial charge in [-0.15, -0.1) is 0 Å². The Kier molecular flexibility index (Phi) is 4.89. The molecule has 0 aromatic carbocycles. The maximum Gasteiger partial charge on any atom is 0.0707 e. The minimum atomic E-state index is -0.0283. The smallest absolute Gasteiger partial charge is 0.0707 e. The first-order valence-electron chi connectivity index (χ1n) is 8.87. The highest BCUT2D eigenvalue weighted by Crippen LogP contribution is 2.38. The molecule has 1 saturated carbocycles. The van der Waals surface area contributed by atoms with Crippen LogP contribution in [-0.4, -0.2) is 60.0 Å². The van der Waals surface area contributed by atoms with E-state index in [1.54, 1.807) is 0 Å². The Balaban J connectivity index is 1.53. The van der Waals surface area contributed by atoms with Crippen molar-refractivity contribution in [1.29, 1.82) is 0 Å². The Morgan fingerprint density at radius 3 is 2.57 bits per heavy atom. The molecule has 1 aliphatic carbocycles. The van der Waals surface area contributed by atoms with Crippen molar-refractivity contribution < 1.29 is 9.84 Å². The van der Waals surface area contributed by atoms with Crippen LogP contribution in [0.2, 0.25) is 0 Å². The summed E-state index contributed by atoms with van der Waals surface area (Å²) in [6.07, 6.45) is 8.32. The summed E-state index contributed by atoms with van der Waals surface area (Å²) in [5.41, 5.74) is -0.0283. The van der Waals surface area contributed by atoms with E-state index in [1.165, 1.54) is 38.6 Å². The number of ether oxygens (including phenoxy) is 1. The Labute approximate surface area is 129 Å². The number of fused-ring (bicyclic) bond motifs is 2. The van der Waals surface area contributed by atoms with Gasteiger partial charge in [0.05, 0.1) is 18.8 Å². The van der Waals surface area contributed by atoms with Crippen LogP contribution in [-0.2, 0) is 4.74 Å². The predicted molar refractivity (Wildman–Crippen MR) is 84.4 cm³/mol. The highest BCUT2D eigenvalue weighted by Gasteiger charge is 2.42. The second-order valence-corrected chi connectivity index (χ2v) is 7.71. The molecule has 0 radical (unpaired) electrons.